The topological polar surface area (TPSA) is 94.2 Å². The Kier molecular flexibility index (Phi) is 4.74. The van der Waals surface area contributed by atoms with Gasteiger partial charge in [0, 0.05) is 50.0 Å². The number of fused-ring (bicyclic) bond motifs is 1. The van der Waals surface area contributed by atoms with Crippen LogP contribution in [0.3, 0.4) is 0 Å². The fraction of sp³-hybridized carbons (Fsp3) is 0.481. The van der Waals surface area contributed by atoms with Crippen LogP contribution in [0.1, 0.15) is 59.6 Å². The van der Waals surface area contributed by atoms with Gasteiger partial charge in [0.25, 0.3) is 11.5 Å². The summed E-state index contributed by atoms with van der Waals surface area (Å²) < 4.78 is 0. The molecule has 4 saturated carbocycles. The molecule has 0 radical (unpaired) electrons. The van der Waals surface area contributed by atoms with E-state index in [2.05, 4.69) is 36.1 Å². The zero-order chi connectivity index (χ0) is 23.6. The SMILES string of the molecule is O=C(NC12CC(C1)C2)c1ccc(N2CCN(Cc3cnc4cc(C5CC5)c(=O)[nH]c4c3)CC2)cn1. The van der Waals surface area contributed by atoms with Gasteiger partial charge in [-0.3, -0.25) is 19.5 Å². The average Bonchev–Trinajstić information content (AvgIpc) is 3.66. The van der Waals surface area contributed by atoms with Gasteiger partial charge in [0.15, 0.2) is 0 Å². The van der Waals surface area contributed by atoms with Gasteiger partial charge in [-0.15, -0.1) is 0 Å². The molecule has 35 heavy (non-hydrogen) atoms. The molecule has 1 saturated heterocycles. The molecule has 4 heterocycles. The highest BCUT2D eigenvalue weighted by atomic mass is 16.2. The van der Waals surface area contributed by atoms with E-state index in [-0.39, 0.29) is 17.0 Å². The van der Waals surface area contributed by atoms with E-state index in [9.17, 15) is 9.59 Å². The minimum absolute atomic E-state index is 0.0316. The zero-order valence-corrected chi connectivity index (χ0v) is 19.8. The maximum atomic E-state index is 12.5. The number of piperazine rings is 1. The van der Waals surface area contributed by atoms with Gasteiger partial charge in [-0.2, -0.15) is 0 Å². The lowest BCUT2D eigenvalue weighted by atomic mass is 9.50. The largest absolute Gasteiger partial charge is 0.368 e. The number of carbonyl (C=O) groups is 1. The summed E-state index contributed by atoms with van der Waals surface area (Å²) in [6, 6.07) is 7.89. The van der Waals surface area contributed by atoms with Gasteiger partial charge in [0.05, 0.1) is 22.9 Å². The van der Waals surface area contributed by atoms with Gasteiger partial charge in [0.1, 0.15) is 5.69 Å². The Balaban J connectivity index is 0.957. The Bertz CT molecular complexity index is 1340. The maximum Gasteiger partial charge on any atom is 0.270 e. The lowest BCUT2D eigenvalue weighted by Crippen LogP contribution is -2.68. The third kappa shape index (κ3) is 3.89. The smallest absolute Gasteiger partial charge is 0.270 e. The summed E-state index contributed by atoms with van der Waals surface area (Å²) in [5.41, 5.74) is 5.35. The van der Waals surface area contributed by atoms with E-state index in [1.165, 1.54) is 0 Å². The van der Waals surface area contributed by atoms with Crippen molar-refractivity contribution in [1.82, 2.24) is 25.2 Å². The monoisotopic (exact) mass is 470 g/mol. The molecule has 4 aliphatic carbocycles. The molecule has 8 rings (SSSR count). The highest BCUT2D eigenvalue weighted by Gasteiger charge is 2.57. The number of pyridine rings is 3. The predicted molar refractivity (Wildman–Crippen MR) is 134 cm³/mol. The van der Waals surface area contributed by atoms with Crippen LogP contribution in [0.15, 0.2) is 41.5 Å². The first-order valence-electron chi connectivity index (χ1n) is 12.8. The third-order valence-electron chi connectivity index (χ3n) is 8.34. The van der Waals surface area contributed by atoms with Crippen molar-refractivity contribution < 1.29 is 4.79 Å². The van der Waals surface area contributed by atoms with Crippen molar-refractivity contribution in [2.24, 2.45) is 5.92 Å². The fourth-order valence-corrected chi connectivity index (χ4v) is 5.99. The molecule has 180 valence electrons. The number of aromatic amines is 1. The van der Waals surface area contributed by atoms with Crippen LogP contribution in [-0.4, -0.2) is 57.5 Å². The van der Waals surface area contributed by atoms with Gasteiger partial charge < -0.3 is 15.2 Å². The lowest BCUT2D eigenvalue weighted by molar-refractivity contribution is -0.0439. The molecule has 5 fully saturated rings. The van der Waals surface area contributed by atoms with Crippen molar-refractivity contribution in [2.75, 3.05) is 31.1 Å². The highest BCUT2D eigenvalue weighted by molar-refractivity contribution is 5.93. The third-order valence-corrected chi connectivity index (χ3v) is 8.34. The molecule has 8 heteroatoms. The molecule has 2 N–H and O–H groups in total. The van der Waals surface area contributed by atoms with Gasteiger partial charge >= 0.3 is 0 Å². The van der Waals surface area contributed by atoms with E-state index in [1.807, 2.05) is 30.6 Å². The molecule has 1 aliphatic heterocycles. The van der Waals surface area contributed by atoms with Crippen LogP contribution in [0.25, 0.3) is 11.0 Å². The fourth-order valence-electron chi connectivity index (χ4n) is 5.99. The van der Waals surface area contributed by atoms with Crippen molar-refractivity contribution in [1.29, 1.82) is 0 Å². The number of hydrogen-bond acceptors (Lipinski definition) is 6. The minimum atomic E-state index is -0.0476. The Morgan fingerprint density at radius 3 is 2.51 bits per heavy atom. The molecule has 0 spiro atoms. The zero-order valence-electron chi connectivity index (χ0n) is 19.8. The Labute approximate surface area is 203 Å². The van der Waals surface area contributed by atoms with Crippen LogP contribution in [0, 0.1) is 5.92 Å². The summed E-state index contributed by atoms with van der Waals surface area (Å²) >= 11 is 0. The molecule has 8 nitrogen and oxygen atoms in total. The second-order valence-electron chi connectivity index (χ2n) is 11.0. The second-order valence-corrected chi connectivity index (χ2v) is 11.0. The van der Waals surface area contributed by atoms with E-state index in [0.29, 0.717) is 11.6 Å². The highest BCUT2D eigenvalue weighted by Crippen LogP contribution is 2.56. The van der Waals surface area contributed by atoms with Crippen molar-refractivity contribution in [3.05, 3.63) is 63.8 Å². The van der Waals surface area contributed by atoms with Gasteiger partial charge in [-0.05, 0) is 73.8 Å². The summed E-state index contributed by atoms with van der Waals surface area (Å²) in [4.78, 5) is 41.8. The molecule has 0 unspecified atom stereocenters. The first-order chi connectivity index (χ1) is 17.0. The number of carbonyl (C=O) groups excluding carboxylic acids is 1. The normalized spacial score (nSPS) is 25.7. The Morgan fingerprint density at radius 1 is 1.06 bits per heavy atom. The molecular weight excluding hydrogens is 440 g/mol. The minimum Gasteiger partial charge on any atom is -0.368 e. The summed E-state index contributed by atoms with van der Waals surface area (Å²) in [5, 5.41) is 3.18. The lowest BCUT2D eigenvalue weighted by Gasteiger charge is -2.61. The number of hydrogen-bond donors (Lipinski definition) is 2. The molecule has 1 amide bonds. The van der Waals surface area contributed by atoms with E-state index >= 15 is 0 Å². The molecule has 0 aromatic carbocycles. The van der Waals surface area contributed by atoms with E-state index in [0.717, 1.165) is 98.6 Å². The van der Waals surface area contributed by atoms with E-state index in [4.69, 9.17) is 0 Å². The van der Waals surface area contributed by atoms with Crippen LogP contribution in [0.5, 0.6) is 0 Å². The summed E-state index contributed by atoms with van der Waals surface area (Å²) in [6.45, 7) is 4.48. The molecule has 0 atom stereocenters. The molecule has 5 aliphatic rings. The number of anilines is 1. The first kappa shape index (κ1) is 21.1. The van der Waals surface area contributed by atoms with Gasteiger partial charge in [0.2, 0.25) is 0 Å². The Hall–Kier alpha value is -3.26. The van der Waals surface area contributed by atoms with Crippen molar-refractivity contribution in [2.45, 2.75) is 50.1 Å². The number of aromatic nitrogens is 3. The standard InChI is InChI=1S/C27H30N6O2/c34-25-21(19-1-2-19)10-23-24(30-25)9-17(14-28-23)16-32-5-7-33(8-6-32)20-3-4-22(29-15-20)26(35)31-27-11-18(12-27)13-27/h3-4,9-10,14-15,18-19H,1-2,5-8,11-13,16H2,(H,30,34)(H,31,35). The molecule has 3 aromatic heterocycles. The van der Waals surface area contributed by atoms with E-state index in [1.54, 1.807) is 0 Å². The number of nitrogens with one attached hydrogen (secondary N) is 2. The van der Waals surface area contributed by atoms with Gasteiger partial charge in [-0.1, -0.05) is 0 Å². The van der Waals surface area contributed by atoms with Crippen molar-refractivity contribution >= 4 is 22.6 Å². The molecule has 3 aromatic rings. The first-order valence-corrected chi connectivity index (χ1v) is 12.8. The van der Waals surface area contributed by atoms with Crippen LogP contribution in [-0.2, 0) is 6.54 Å². The van der Waals surface area contributed by atoms with Crippen molar-refractivity contribution in [3.8, 4) is 0 Å². The van der Waals surface area contributed by atoms with Gasteiger partial charge in [-0.25, -0.2) is 4.98 Å². The molecular formula is C27H30N6O2. The number of amides is 1. The van der Waals surface area contributed by atoms with Crippen LogP contribution in [0.2, 0.25) is 0 Å². The quantitative estimate of drug-likeness (QED) is 0.575. The predicted octanol–water partition coefficient (Wildman–Crippen LogP) is 2.80. The maximum absolute atomic E-state index is 12.5. The Morgan fingerprint density at radius 2 is 1.86 bits per heavy atom. The summed E-state index contributed by atoms with van der Waals surface area (Å²) in [6.07, 6.45) is 9.38. The second kappa shape index (κ2) is 7.88. The summed E-state index contributed by atoms with van der Waals surface area (Å²) in [5.74, 6) is 1.21. The van der Waals surface area contributed by atoms with Crippen LogP contribution >= 0.6 is 0 Å². The van der Waals surface area contributed by atoms with Crippen molar-refractivity contribution in [3.63, 3.8) is 0 Å². The number of H-pyrrole nitrogens is 1. The van der Waals surface area contributed by atoms with E-state index < -0.39 is 0 Å². The number of nitrogens with zero attached hydrogens (tertiary/aromatic N) is 4. The number of rotatable bonds is 6. The average molecular weight is 471 g/mol. The molecule has 2 bridgehead atoms. The van der Waals surface area contributed by atoms with Crippen LogP contribution in [0.4, 0.5) is 5.69 Å². The summed E-state index contributed by atoms with van der Waals surface area (Å²) in [7, 11) is 0. The van der Waals surface area contributed by atoms with Crippen LogP contribution < -0.4 is 15.8 Å².